The highest BCUT2D eigenvalue weighted by atomic mass is 35.5. The van der Waals surface area contributed by atoms with Gasteiger partial charge in [-0.1, -0.05) is 47.3 Å². The van der Waals surface area contributed by atoms with E-state index in [4.69, 9.17) is 32.5 Å². The monoisotopic (exact) mass is 595 g/mol. The van der Waals surface area contributed by atoms with Gasteiger partial charge < -0.3 is 19.7 Å². The van der Waals surface area contributed by atoms with E-state index < -0.39 is 29.2 Å². The van der Waals surface area contributed by atoms with Gasteiger partial charge in [0.1, 0.15) is 11.8 Å². The Morgan fingerprint density at radius 1 is 1.08 bits per heavy atom. The second-order valence-corrected chi connectivity index (χ2v) is 13.2. The zero-order chi connectivity index (χ0) is 28.1. The van der Waals surface area contributed by atoms with E-state index in [-0.39, 0.29) is 27.0 Å². The summed E-state index contributed by atoms with van der Waals surface area (Å²) in [5.41, 5.74) is 3.65. The van der Waals surface area contributed by atoms with E-state index in [0.29, 0.717) is 22.2 Å². The molecular formula is C26H24Cl2NO7PS. The van der Waals surface area contributed by atoms with Crippen LogP contribution in [-0.4, -0.2) is 46.0 Å². The van der Waals surface area contributed by atoms with E-state index in [0.717, 1.165) is 6.26 Å². The molecule has 3 aromatic carbocycles. The first-order chi connectivity index (χ1) is 17.9. The van der Waals surface area contributed by atoms with Gasteiger partial charge in [0.2, 0.25) is 0 Å². The summed E-state index contributed by atoms with van der Waals surface area (Å²) in [5, 5.41) is 13.1. The molecule has 0 aliphatic carbocycles. The Balaban J connectivity index is 1.88. The number of rotatable bonds is 9. The molecule has 2 N–H and O–H groups in total. The van der Waals surface area contributed by atoms with Crippen molar-refractivity contribution in [2.45, 2.75) is 17.4 Å². The van der Waals surface area contributed by atoms with Crippen molar-refractivity contribution in [2.75, 3.05) is 25.8 Å². The fraction of sp³-hybridized carbons (Fsp3) is 0.192. The number of carbonyl (C=O) groups is 1. The topological polar surface area (TPSA) is 119 Å². The molecule has 0 bridgehead atoms. The fourth-order valence-corrected chi connectivity index (χ4v) is 6.02. The zero-order valence-electron chi connectivity index (χ0n) is 20.6. The lowest BCUT2D eigenvalue weighted by atomic mass is 10.1. The van der Waals surface area contributed by atoms with Crippen molar-refractivity contribution in [1.82, 2.24) is 0 Å². The van der Waals surface area contributed by atoms with Crippen LogP contribution in [0.3, 0.4) is 0 Å². The molecule has 8 nitrogen and oxygen atoms in total. The van der Waals surface area contributed by atoms with Gasteiger partial charge in [0.15, 0.2) is 9.84 Å². The number of halogens is 2. The number of carboxylic acids is 1. The van der Waals surface area contributed by atoms with Crippen molar-refractivity contribution in [3.05, 3.63) is 81.8 Å². The van der Waals surface area contributed by atoms with E-state index >= 15 is 0 Å². The van der Waals surface area contributed by atoms with Gasteiger partial charge in [0.05, 0.1) is 33.0 Å². The lowest BCUT2D eigenvalue weighted by molar-refractivity contribution is -0.137. The number of anilines is 1. The standard InChI is InChI=1S/C26H24Cl2NO7PS/c1-35-19-7-5-8-20(16-19)37(32,36-2)11-10-18-13-22(27)25(23(28)14-18)29-24(26(30)31)15-17-6-4-9-21(12-17)38(3,33)34/h4-9,12-14,16,24,29H,15H2,1-3H3,(H,30,31)/t24-,37?/m0/s1. The van der Waals surface area contributed by atoms with Gasteiger partial charge in [-0.15, -0.1) is 0 Å². The number of nitrogens with one attached hydrogen (secondary N) is 1. The molecule has 0 aliphatic rings. The Morgan fingerprint density at radius 3 is 2.32 bits per heavy atom. The maximum absolute atomic E-state index is 13.3. The summed E-state index contributed by atoms with van der Waals surface area (Å²) < 4.78 is 47.4. The van der Waals surface area contributed by atoms with Crippen LogP contribution in [0.25, 0.3) is 0 Å². The molecule has 3 rings (SSSR count). The minimum Gasteiger partial charge on any atom is -0.497 e. The average Bonchev–Trinajstić information content (AvgIpc) is 2.88. The second-order valence-electron chi connectivity index (χ2n) is 8.15. The van der Waals surface area contributed by atoms with Gasteiger partial charge >= 0.3 is 13.3 Å². The van der Waals surface area contributed by atoms with Crippen molar-refractivity contribution >= 4 is 57.4 Å². The number of benzene rings is 3. The molecule has 0 radical (unpaired) electrons. The van der Waals surface area contributed by atoms with Crippen LogP contribution in [0.15, 0.2) is 65.6 Å². The molecule has 0 fully saturated rings. The summed E-state index contributed by atoms with van der Waals surface area (Å²) in [6, 6.07) is 14.3. The van der Waals surface area contributed by atoms with Gasteiger partial charge in [-0.3, -0.25) is 4.57 Å². The van der Waals surface area contributed by atoms with Crippen molar-refractivity contribution in [1.29, 1.82) is 0 Å². The van der Waals surface area contributed by atoms with Crippen LogP contribution in [0.5, 0.6) is 5.75 Å². The molecule has 200 valence electrons. The van der Waals surface area contributed by atoms with E-state index in [1.54, 1.807) is 36.4 Å². The number of sulfone groups is 1. The van der Waals surface area contributed by atoms with Crippen molar-refractivity contribution in [3.63, 3.8) is 0 Å². The van der Waals surface area contributed by atoms with Crippen LogP contribution >= 0.6 is 30.6 Å². The second kappa shape index (κ2) is 12.2. The van der Waals surface area contributed by atoms with Crippen molar-refractivity contribution in [2.24, 2.45) is 0 Å². The smallest absolute Gasteiger partial charge is 0.326 e. The van der Waals surface area contributed by atoms with Gasteiger partial charge in [0, 0.05) is 25.3 Å². The highest BCUT2D eigenvalue weighted by molar-refractivity contribution is 7.90. The molecule has 3 aromatic rings. The van der Waals surface area contributed by atoms with Crippen molar-refractivity contribution < 1.29 is 32.1 Å². The molecule has 0 saturated carbocycles. The molecule has 0 heterocycles. The molecule has 38 heavy (non-hydrogen) atoms. The Labute approximate surface area is 231 Å². The Hall–Kier alpha value is -2.99. The first-order valence-electron chi connectivity index (χ1n) is 11.0. The molecule has 1 unspecified atom stereocenters. The summed E-state index contributed by atoms with van der Waals surface area (Å²) in [6.45, 7) is 0. The molecular weight excluding hydrogens is 572 g/mol. The number of carboxylic acid groups (broad SMARTS) is 1. The third-order valence-electron chi connectivity index (χ3n) is 5.42. The number of aliphatic carboxylic acids is 1. The summed E-state index contributed by atoms with van der Waals surface area (Å²) in [7, 11) is -4.23. The van der Waals surface area contributed by atoms with Gasteiger partial charge in [0.25, 0.3) is 0 Å². The molecule has 0 amide bonds. The molecule has 2 atom stereocenters. The Morgan fingerprint density at radius 2 is 1.74 bits per heavy atom. The third kappa shape index (κ3) is 7.31. The van der Waals surface area contributed by atoms with Crippen LogP contribution in [0.2, 0.25) is 10.0 Å². The van der Waals surface area contributed by atoms with Gasteiger partial charge in [-0.2, -0.15) is 0 Å². The fourth-order valence-electron chi connectivity index (χ4n) is 3.44. The number of methoxy groups -OCH3 is 1. The van der Waals surface area contributed by atoms with Crippen LogP contribution in [0, 0.1) is 11.6 Å². The summed E-state index contributed by atoms with van der Waals surface area (Å²) in [6.07, 6.45) is 1.04. The van der Waals surface area contributed by atoms with E-state index in [1.165, 1.54) is 38.5 Å². The lowest BCUT2D eigenvalue weighted by Crippen LogP contribution is -2.31. The normalized spacial score (nSPS) is 13.5. The largest absolute Gasteiger partial charge is 0.497 e. The molecule has 0 saturated heterocycles. The third-order valence-corrected chi connectivity index (χ3v) is 9.01. The predicted molar refractivity (Wildman–Crippen MR) is 149 cm³/mol. The lowest BCUT2D eigenvalue weighted by Gasteiger charge is -2.18. The summed E-state index contributed by atoms with van der Waals surface area (Å²) in [5.74, 6) is 2.08. The number of hydrogen-bond acceptors (Lipinski definition) is 7. The van der Waals surface area contributed by atoms with Gasteiger partial charge in [-0.05, 0) is 53.7 Å². The Kier molecular flexibility index (Phi) is 9.53. The highest BCUT2D eigenvalue weighted by Gasteiger charge is 2.24. The highest BCUT2D eigenvalue weighted by Crippen LogP contribution is 2.44. The average molecular weight is 596 g/mol. The van der Waals surface area contributed by atoms with Crippen LogP contribution < -0.4 is 15.4 Å². The number of ether oxygens (including phenoxy) is 1. The summed E-state index contributed by atoms with van der Waals surface area (Å²) in [4.78, 5) is 12.0. The minimum absolute atomic E-state index is 0.0372. The molecule has 0 aromatic heterocycles. The maximum atomic E-state index is 13.3. The molecule has 12 heteroatoms. The van der Waals surface area contributed by atoms with Crippen LogP contribution in [-0.2, 0) is 30.1 Å². The SMILES string of the molecule is COc1cccc(P(=O)(C#Cc2cc(Cl)c(N[C@@H](Cc3cccc(S(C)(=O)=O)c3)C(=O)O)c(Cl)c2)OC)c1. The van der Waals surface area contributed by atoms with Gasteiger partial charge in [-0.25, -0.2) is 13.2 Å². The maximum Gasteiger partial charge on any atom is 0.326 e. The van der Waals surface area contributed by atoms with Crippen LogP contribution in [0.4, 0.5) is 5.69 Å². The van der Waals surface area contributed by atoms with E-state index in [1.807, 2.05) is 0 Å². The molecule has 0 aliphatic heterocycles. The molecule has 0 spiro atoms. The quantitative estimate of drug-likeness (QED) is 0.260. The zero-order valence-corrected chi connectivity index (χ0v) is 23.8. The van der Waals surface area contributed by atoms with E-state index in [9.17, 15) is 22.9 Å². The van der Waals surface area contributed by atoms with Crippen LogP contribution in [0.1, 0.15) is 11.1 Å². The minimum atomic E-state index is -3.55. The Bertz CT molecular complexity index is 1560. The van der Waals surface area contributed by atoms with Crippen molar-refractivity contribution in [3.8, 4) is 17.3 Å². The number of hydrogen-bond donors (Lipinski definition) is 2. The summed E-state index contributed by atoms with van der Waals surface area (Å²) >= 11 is 12.8. The predicted octanol–water partition coefficient (Wildman–Crippen LogP) is 5.07. The first-order valence-corrected chi connectivity index (χ1v) is 15.2. The first kappa shape index (κ1) is 29.6. The van der Waals surface area contributed by atoms with E-state index in [2.05, 4.69) is 16.9 Å².